The normalized spacial score (nSPS) is 18.9. The molecule has 6 nitrogen and oxygen atoms in total. The monoisotopic (exact) mass is 389 g/mol. The molecule has 7 heteroatoms. The Hall–Kier alpha value is -2.38. The lowest BCUT2D eigenvalue weighted by atomic mass is 10.1. The van der Waals surface area contributed by atoms with Crippen molar-refractivity contribution in [2.45, 2.75) is 18.3 Å². The molecule has 0 radical (unpaired) electrons. The second-order valence-electron chi connectivity index (χ2n) is 6.16. The zero-order valence-corrected chi connectivity index (χ0v) is 16.1. The molecule has 0 aliphatic carbocycles. The van der Waals surface area contributed by atoms with Gasteiger partial charge in [-0.25, -0.2) is 0 Å². The van der Waals surface area contributed by atoms with E-state index in [0.29, 0.717) is 30.5 Å². The second-order valence-corrected chi connectivity index (χ2v) is 7.30. The van der Waals surface area contributed by atoms with Crippen LogP contribution in [0.2, 0.25) is 0 Å². The predicted octanol–water partition coefficient (Wildman–Crippen LogP) is 3.25. The SMILES string of the molecule is COc1cccc(C2NC(C(=O)O)CS2)c1OCCOc1cccc(C)c1. The molecule has 0 saturated carbocycles. The van der Waals surface area contributed by atoms with E-state index in [9.17, 15) is 9.90 Å². The van der Waals surface area contributed by atoms with E-state index in [0.717, 1.165) is 16.9 Å². The molecule has 2 atom stereocenters. The summed E-state index contributed by atoms with van der Waals surface area (Å²) in [5, 5.41) is 12.2. The van der Waals surface area contributed by atoms with E-state index in [1.807, 2.05) is 49.4 Å². The van der Waals surface area contributed by atoms with E-state index in [-0.39, 0.29) is 5.37 Å². The van der Waals surface area contributed by atoms with Gasteiger partial charge in [-0.1, -0.05) is 24.3 Å². The predicted molar refractivity (Wildman–Crippen MR) is 105 cm³/mol. The first-order valence-corrected chi connectivity index (χ1v) is 9.73. The standard InChI is InChI=1S/C20H23NO5S/c1-13-5-3-6-14(11-13)25-9-10-26-18-15(7-4-8-17(18)24-2)19-21-16(12-27-19)20(22)23/h3-8,11,16,19,21H,9-10,12H2,1-2H3,(H,22,23). The van der Waals surface area contributed by atoms with Gasteiger partial charge in [0.1, 0.15) is 25.0 Å². The van der Waals surface area contributed by atoms with Crippen LogP contribution in [0.25, 0.3) is 0 Å². The Labute approximate surface area is 162 Å². The van der Waals surface area contributed by atoms with E-state index in [1.165, 1.54) is 0 Å². The van der Waals surface area contributed by atoms with Crippen molar-refractivity contribution in [3.05, 3.63) is 53.6 Å². The Morgan fingerprint density at radius 1 is 1.22 bits per heavy atom. The average molecular weight is 389 g/mol. The first-order chi connectivity index (χ1) is 13.1. The Bertz CT molecular complexity index is 798. The van der Waals surface area contributed by atoms with Crippen LogP contribution < -0.4 is 19.5 Å². The number of nitrogens with one attached hydrogen (secondary N) is 1. The highest BCUT2D eigenvalue weighted by Gasteiger charge is 2.32. The number of thioether (sulfide) groups is 1. The molecule has 1 fully saturated rings. The number of aliphatic carboxylic acids is 1. The van der Waals surface area contributed by atoms with Crippen molar-refractivity contribution in [3.8, 4) is 17.2 Å². The van der Waals surface area contributed by atoms with Gasteiger partial charge in [0.05, 0.1) is 12.5 Å². The molecule has 3 rings (SSSR count). The lowest BCUT2D eigenvalue weighted by Gasteiger charge is -2.19. The van der Waals surface area contributed by atoms with Gasteiger partial charge in [0.25, 0.3) is 0 Å². The van der Waals surface area contributed by atoms with Crippen molar-refractivity contribution in [1.29, 1.82) is 0 Å². The summed E-state index contributed by atoms with van der Waals surface area (Å²) in [6, 6.07) is 12.9. The largest absolute Gasteiger partial charge is 0.493 e. The maximum Gasteiger partial charge on any atom is 0.321 e. The lowest BCUT2D eigenvalue weighted by Crippen LogP contribution is -2.33. The molecule has 1 aliphatic heterocycles. The zero-order chi connectivity index (χ0) is 19.2. The summed E-state index contributed by atoms with van der Waals surface area (Å²) in [7, 11) is 1.59. The fraction of sp³-hybridized carbons (Fsp3) is 0.350. The molecule has 1 heterocycles. The zero-order valence-electron chi connectivity index (χ0n) is 15.3. The topological polar surface area (TPSA) is 77.0 Å². The van der Waals surface area contributed by atoms with Crippen LogP contribution in [0.15, 0.2) is 42.5 Å². The number of hydrogen-bond acceptors (Lipinski definition) is 6. The van der Waals surface area contributed by atoms with Crippen LogP contribution in [-0.2, 0) is 4.79 Å². The fourth-order valence-corrected chi connectivity index (χ4v) is 4.11. The molecule has 0 aromatic heterocycles. The summed E-state index contributed by atoms with van der Waals surface area (Å²) in [6.07, 6.45) is 0. The van der Waals surface area contributed by atoms with E-state index in [4.69, 9.17) is 14.2 Å². The molecule has 2 N–H and O–H groups in total. The van der Waals surface area contributed by atoms with Crippen LogP contribution >= 0.6 is 11.8 Å². The fourth-order valence-electron chi connectivity index (χ4n) is 2.86. The molecule has 1 saturated heterocycles. The van der Waals surface area contributed by atoms with Crippen molar-refractivity contribution in [2.24, 2.45) is 0 Å². The minimum Gasteiger partial charge on any atom is -0.493 e. The summed E-state index contributed by atoms with van der Waals surface area (Å²) >= 11 is 1.54. The van der Waals surface area contributed by atoms with Gasteiger partial charge in [0.15, 0.2) is 11.5 Å². The molecule has 0 amide bonds. The molecule has 2 unspecified atom stereocenters. The number of methoxy groups -OCH3 is 1. The van der Waals surface area contributed by atoms with Crippen LogP contribution in [0.4, 0.5) is 0 Å². The number of carboxylic acids is 1. The van der Waals surface area contributed by atoms with Crippen molar-refractivity contribution in [1.82, 2.24) is 5.32 Å². The molecule has 1 aliphatic rings. The smallest absolute Gasteiger partial charge is 0.321 e. The van der Waals surface area contributed by atoms with Crippen LogP contribution in [0.5, 0.6) is 17.2 Å². The quantitative estimate of drug-likeness (QED) is 0.671. The van der Waals surface area contributed by atoms with E-state index < -0.39 is 12.0 Å². The highest BCUT2D eigenvalue weighted by molar-refractivity contribution is 7.99. The first kappa shape index (κ1) is 19.4. The number of aryl methyl sites for hydroxylation is 1. The van der Waals surface area contributed by atoms with Crippen molar-refractivity contribution in [3.63, 3.8) is 0 Å². The van der Waals surface area contributed by atoms with Gasteiger partial charge < -0.3 is 19.3 Å². The van der Waals surface area contributed by atoms with Gasteiger partial charge in [-0.3, -0.25) is 10.1 Å². The third-order valence-electron chi connectivity index (χ3n) is 4.18. The molecule has 0 bridgehead atoms. The van der Waals surface area contributed by atoms with E-state index >= 15 is 0 Å². The van der Waals surface area contributed by atoms with Crippen molar-refractivity contribution < 1.29 is 24.1 Å². The minimum absolute atomic E-state index is 0.158. The molecule has 2 aromatic rings. The number of carboxylic acid groups (broad SMARTS) is 1. The number of rotatable bonds is 8. The van der Waals surface area contributed by atoms with Crippen LogP contribution in [0, 0.1) is 6.92 Å². The lowest BCUT2D eigenvalue weighted by molar-refractivity contribution is -0.138. The Kier molecular flexibility index (Phi) is 6.47. The van der Waals surface area contributed by atoms with Gasteiger partial charge >= 0.3 is 5.97 Å². The molecule has 0 spiro atoms. The number of hydrogen-bond donors (Lipinski definition) is 2. The molecule has 144 valence electrons. The number of carbonyl (C=O) groups is 1. The van der Waals surface area contributed by atoms with Gasteiger partial charge in [-0.2, -0.15) is 0 Å². The summed E-state index contributed by atoms with van der Waals surface area (Å²) in [5.74, 6) is 1.69. The van der Waals surface area contributed by atoms with E-state index in [1.54, 1.807) is 18.9 Å². The summed E-state index contributed by atoms with van der Waals surface area (Å²) in [5.41, 5.74) is 2.01. The Morgan fingerprint density at radius 2 is 2.00 bits per heavy atom. The summed E-state index contributed by atoms with van der Waals surface area (Å²) in [6.45, 7) is 2.76. The molecular formula is C20H23NO5S. The van der Waals surface area contributed by atoms with Gasteiger partial charge in [0, 0.05) is 11.3 Å². The van der Waals surface area contributed by atoms with Gasteiger partial charge in [0.2, 0.25) is 0 Å². The third kappa shape index (κ3) is 4.87. The number of ether oxygens (including phenoxy) is 3. The summed E-state index contributed by atoms with van der Waals surface area (Å²) in [4.78, 5) is 11.2. The molecule has 2 aromatic carbocycles. The first-order valence-electron chi connectivity index (χ1n) is 8.68. The Morgan fingerprint density at radius 3 is 2.70 bits per heavy atom. The van der Waals surface area contributed by atoms with Crippen LogP contribution in [-0.4, -0.2) is 43.2 Å². The molecule has 27 heavy (non-hydrogen) atoms. The van der Waals surface area contributed by atoms with E-state index in [2.05, 4.69) is 5.32 Å². The van der Waals surface area contributed by atoms with Gasteiger partial charge in [-0.05, 0) is 30.7 Å². The highest BCUT2D eigenvalue weighted by atomic mass is 32.2. The summed E-state index contributed by atoms with van der Waals surface area (Å²) < 4.78 is 17.1. The molecular weight excluding hydrogens is 366 g/mol. The second kappa shape index (κ2) is 9.01. The maximum atomic E-state index is 11.2. The van der Waals surface area contributed by atoms with Crippen LogP contribution in [0.1, 0.15) is 16.5 Å². The van der Waals surface area contributed by atoms with Crippen LogP contribution in [0.3, 0.4) is 0 Å². The number of para-hydroxylation sites is 1. The minimum atomic E-state index is -0.845. The highest BCUT2D eigenvalue weighted by Crippen LogP contribution is 2.42. The van der Waals surface area contributed by atoms with Crippen molar-refractivity contribution >= 4 is 17.7 Å². The average Bonchev–Trinajstić information content (AvgIpc) is 3.15. The third-order valence-corrected chi connectivity index (χ3v) is 5.43. The maximum absolute atomic E-state index is 11.2. The van der Waals surface area contributed by atoms with Gasteiger partial charge in [-0.15, -0.1) is 11.8 Å². The Balaban J connectivity index is 1.66. The van der Waals surface area contributed by atoms with Crippen molar-refractivity contribution in [2.75, 3.05) is 26.1 Å². The number of benzene rings is 2.